The molecule has 0 bridgehead atoms. The van der Waals surface area contributed by atoms with Gasteiger partial charge in [-0.3, -0.25) is 0 Å². The van der Waals surface area contributed by atoms with Crippen molar-refractivity contribution in [3.05, 3.63) is 41.3 Å². The quantitative estimate of drug-likeness (QED) is 0.733. The topological polar surface area (TPSA) is 105 Å². The van der Waals surface area contributed by atoms with Crippen LogP contribution in [0, 0.1) is 22.7 Å². The van der Waals surface area contributed by atoms with Crippen LogP contribution in [0.1, 0.15) is 56.6 Å². The Balaban J connectivity index is 1.44. The van der Waals surface area contributed by atoms with Crippen molar-refractivity contribution < 1.29 is 14.2 Å². The first kappa shape index (κ1) is 20.9. The van der Waals surface area contributed by atoms with Gasteiger partial charge < -0.3 is 9.36 Å². The summed E-state index contributed by atoms with van der Waals surface area (Å²) in [5.74, 6) is 1.57. The summed E-state index contributed by atoms with van der Waals surface area (Å²) in [5.41, 5.74) is 0.936. The Morgan fingerprint density at radius 3 is 2.79 bits per heavy atom. The molecule has 0 spiro atoms. The Labute approximate surface area is 170 Å². The number of hydrogen-bond acceptors (Lipinski definition) is 8. The summed E-state index contributed by atoms with van der Waals surface area (Å²) < 4.78 is 5.37. The number of aromatic nitrogens is 3. The molecule has 3 rings (SSSR count). The van der Waals surface area contributed by atoms with E-state index in [-0.39, 0.29) is 5.97 Å². The number of carbonyl (C=O) groups excluding carboxylic acids is 1. The van der Waals surface area contributed by atoms with E-state index in [1.807, 2.05) is 32.9 Å². The molecule has 0 saturated carbocycles. The van der Waals surface area contributed by atoms with Crippen molar-refractivity contribution in [3.63, 3.8) is 0 Å². The predicted octanol–water partition coefficient (Wildman–Crippen LogP) is 2.88. The lowest BCUT2D eigenvalue weighted by Gasteiger charge is -2.31. The molecule has 1 fully saturated rings. The van der Waals surface area contributed by atoms with E-state index in [1.165, 1.54) is 0 Å². The van der Waals surface area contributed by atoms with Crippen LogP contribution >= 0.6 is 0 Å². The summed E-state index contributed by atoms with van der Waals surface area (Å²) in [6.07, 6.45) is 5.60. The highest BCUT2D eigenvalue weighted by Crippen LogP contribution is 2.23. The Hall–Kier alpha value is -2.79. The van der Waals surface area contributed by atoms with Gasteiger partial charge in [0.15, 0.2) is 5.82 Å². The van der Waals surface area contributed by atoms with E-state index in [1.54, 1.807) is 17.3 Å². The molecule has 0 atom stereocenters. The number of nitriles is 1. The zero-order chi connectivity index (χ0) is 20.9. The van der Waals surface area contributed by atoms with Gasteiger partial charge in [0.05, 0.1) is 5.41 Å². The lowest BCUT2D eigenvalue weighted by Crippen LogP contribution is -2.39. The molecule has 0 radical (unpaired) electrons. The molecule has 1 aliphatic heterocycles. The summed E-state index contributed by atoms with van der Waals surface area (Å²) in [6.45, 7) is 7.01. The molecule has 8 heteroatoms. The van der Waals surface area contributed by atoms with Gasteiger partial charge in [-0.25, -0.2) is 9.78 Å². The van der Waals surface area contributed by atoms with Crippen LogP contribution in [0.25, 0.3) is 0 Å². The predicted molar refractivity (Wildman–Crippen MR) is 104 cm³/mol. The molecule has 0 N–H and O–H groups in total. The molecule has 0 amide bonds. The molecule has 0 unspecified atom stereocenters. The van der Waals surface area contributed by atoms with Gasteiger partial charge in [0.1, 0.15) is 11.8 Å². The first-order chi connectivity index (χ1) is 13.8. The molecule has 0 aromatic carbocycles. The second kappa shape index (κ2) is 9.14. The minimum absolute atomic E-state index is 0.199. The van der Waals surface area contributed by atoms with Gasteiger partial charge in [0.25, 0.3) is 0 Å². The van der Waals surface area contributed by atoms with Crippen molar-refractivity contribution in [1.29, 1.82) is 5.26 Å². The number of nitrogens with zero attached hydrogens (tertiary/aromatic N) is 5. The molecular weight excluding hydrogens is 370 g/mol. The second-order valence-corrected chi connectivity index (χ2v) is 8.47. The van der Waals surface area contributed by atoms with E-state index < -0.39 is 5.41 Å². The molecule has 2 aromatic rings. The number of piperidine rings is 1. The fraction of sp³-hybridized carbons (Fsp3) is 0.571. The van der Waals surface area contributed by atoms with E-state index >= 15 is 0 Å². The minimum atomic E-state index is -0.496. The van der Waals surface area contributed by atoms with Crippen molar-refractivity contribution >= 4 is 5.97 Å². The van der Waals surface area contributed by atoms with Crippen LogP contribution in [0.3, 0.4) is 0 Å². The molecular formula is C21H27N5O3. The Morgan fingerprint density at radius 2 is 2.10 bits per heavy atom. The monoisotopic (exact) mass is 397 g/mol. The average Bonchev–Trinajstić information content (AvgIpc) is 3.14. The van der Waals surface area contributed by atoms with E-state index in [4.69, 9.17) is 14.6 Å². The van der Waals surface area contributed by atoms with Gasteiger partial charge in [0, 0.05) is 32.1 Å². The number of carbonyl (C=O) groups is 1. The maximum absolute atomic E-state index is 12.0. The standard InChI is InChI=1S/C21H27N5O3/c1-21(2,3)20(27)29-26-10-7-16(8-11-26)13-18-24-19(28-25-18)5-4-15-6-9-23-17(12-15)14-22/h6,9,12,16H,4-5,7-8,10-11,13H2,1-3H3. The molecule has 1 saturated heterocycles. The van der Waals surface area contributed by atoms with Crippen LogP contribution < -0.4 is 0 Å². The van der Waals surface area contributed by atoms with Gasteiger partial charge in [0.2, 0.25) is 5.89 Å². The molecule has 3 heterocycles. The number of hydrogen-bond donors (Lipinski definition) is 0. The summed E-state index contributed by atoms with van der Waals surface area (Å²) >= 11 is 0. The van der Waals surface area contributed by atoms with E-state index in [2.05, 4.69) is 15.1 Å². The van der Waals surface area contributed by atoms with Gasteiger partial charge >= 0.3 is 5.97 Å². The molecule has 0 aliphatic carbocycles. The Kier molecular flexibility index (Phi) is 6.60. The SMILES string of the molecule is CC(C)(C)C(=O)ON1CCC(Cc2noc(CCc3ccnc(C#N)c3)n2)CC1. The summed E-state index contributed by atoms with van der Waals surface area (Å²) in [7, 11) is 0. The highest BCUT2D eigenvalue weighted by Gasteiger charge is 2.28. The molecule has 2 aromatic heterocycles. The van der Waals surface area contributed by atoms with Gasteiger partial charge in [-0.15, -0.1) is 5.06 Å². The van der Waals surface area contributed by atoms with Crippen molar-refractivity contribution in [2.75, 3.05) is 13.1 Å². The van der Waals surface area contributed by atoms with Crippen LogP contribution in [0.15, 0.2) is 22.9 Å². The zero-order valence-corrected chi connectivity index (χ0v) is 17.2. The van der Waals surface area contributed by atoms with Gasteiger partial charge in [-0.1, -0.05) is 5.16 Å². The lowest BCUT2D eigenvalue weighted by molar-refractivity contribution is -0.206. The van der Waals surface area contributed by atoms with Crippen molar-refractivity contribution in [1.82, 2.24) is 20.2 Å². The maximum atomic E-state index is 12.0. The first-order valence-corrected chi connectivity index (χ1v) is 9.97. The van der Waals surface area contributed by atoms with Crippen LogP contribution in [-0.4, -0.2) is 39.2 Å². The van der Waals surface area contributed by atoms with Crippen molar-refractivity contribution in [2.45, 2.75) is 52.9 Å². The normalized spacial score (nSPS) is 15.8. The number of aryl methyl sites for hydroxylation is 2. The van der Waals surface area contributed by atoms with Gasteiger partial charge in [-0.05, 0) is 63.6 Å². The molecule has 154 valence electrons. The van der Waals surface area contributed by atoms with E-state index in [0.29, 0.717) is 23.9 Å². The lowest BCUT2D eigenvalue weighted by atomic mass is 9.94. The van der Waals surface area contributed by atoms with Crippen LogP contribution in [-0.2, 0) is 28.9 Å². The fourth-order valence-electron chi connectivity index (χ4n) is 3.13. The third kappa shape index (κ3) is 6.09. The fourth-order valence-corrected chi connectivity index (χ4v) is 3.13. The highest BCUT2D eigenvalue weighted by atomic mass is 16.7. The third-order valence-electron chi connectivity index (χ3n) is 4.95. The zero-order valence-electron chi connectivity index (χ0n) is 17.2. The Bertz CT molecular complexity index is 873. The molecule has 1 aliphatic rings. The largest absolute Gasteiger partial charge is 0.367 e. The average molecular weight is 397 g/mol. The van der Waals surface area contributed by atoms with Gasteiger partial charge in [-0.2, -0.15) is 10.2 Å². The number of pyridine rings is 1. The van der Waals surface area contributed by atoms with E-state index in [9.17, 15) is 4.79 Å². The maximum Gasteiger partial charge on any atom is 0.330 e. The molecule has 29 heavy (non-hydrogen) atoms. The number of rotatable bonds is 6. The van der Waals surface area contributed by atoms with E-state index in [0.717, 1.165) is 50.2 Å². The summed E-state index contributed by atoms with van der Waals surface area (Å²) in [5, 5.41) is 14.8. The van der Waals surface area contributed by atoms with Crippen LogP contribution in [0.2, 0.25) is 0 Å². The first-order valence-electron chi connectivity index (χ1n) is 9.97. The Morgan fingerprint density at radius 1 is 1.34 bits per heavy atom. The number of hydroxylamine groups is 2. The molecule has 8 nitrogen and oxygen atoms in total. The van der Waals surface area contributed by atoms with Crippen LogP contribution in [0.5, 0.6) is 0 Å². The second-order valence-electron chi connectivity index (χ2n) is 8.47. The summed E-state index contributed by atoms with van der Waals surface area (Å²) in [4.78, 5) is 25.9. The summed E-state index contributed by atoms with van der Waals surface area (Å²) in [6, 6.07) is 5.70. The third-order valence-corrected chi connectivity index (χ3v) is 4.95. The highest BCUT2D eigenvalue weighted by molar-refractivity contribution is 5.75. The van der Waals surface area contributed by atoms with Crippen molar-refractivity contribution in [3.8, 4) is 6.07 Å². The van der Waals surface area contributed by atoms with Crippen molar-refractivity contribution in [2.24, 2.45) is 11.3 Å². The smallest absolute Gasteiger partial charge is 0.330 e. The minimum Gasteiger partial charge on any atom is -0.367 e. The van der Waals surface area contributed by atoms with Crippen LogP contribution in [0.4, 0.5) is 0 Å².